The number of carbonyl (C=O) groups is 1. The van der Waals surface area contributed by atoms with Crippen molar-refractivity contribution in [1.29, 1.82) is 0 Å². The molecule has 0 heterocycles. The second kappa shape index (κ2) is 8.68. The Morgan fingerprint density at radius 1 is 1.40 bits per heavy atom. The lowest BCUT2D eigenvalue weighted by Crippen LogP contribution is -2.39. The fourth-order valence-electron chi connectivity index (χ4n) is 1.03. The van der Waals surface area contributed by atoms with Crippen molar-refractivity contribution in [3.63, 3.8) is 0 Å². The van der Waals surface area contributed by atoms with Gasteiger partial charge in [0.25, 0.3) is 0 Å². The molecule has 2 unspecified atom stereocenters. The third-order valence-electron chi connectivity index (χ3n) is 2.32. The second-order valence-electron chi connectivity index (χ2n) is 3.90. The van der Waals surface area contributed by atoms with Crippen LogP contribution in [0.1, 0.15) is 33.6 Å². The van der Waals surface area contributed by atoms with Crippen LogP contribution in [-0.4, -0.2) is 31.7 Å². The van der Waals surface area contributed by atoms with Gasteiger partial charge < -0.3 is 15.8 Å². The topological polar surface area (TPSA) is 64.3 Å². The van der Waals surface area contributed by atoms with Crippen molar-refractivity contribution in [2.24, 2.45) is 11.7 Å². The van der Waals surface area contributed by atoms with Gasteiger partial charge in [0.15, 0.2) is 0 Å². The van der Waals surface area contributed by atoms with Gasteiger partial charge in [-0.1, -0.05) is 13.8 Å². The minimum absolute atomic E-state index is 0.0282. The molecule has 0 aromatic rings. The lowest BCUT2D eigenvalue weighted by Gasteiger charge is -2.15. The molecule has 0 rings (SSSR count). The normalized spacial score (nSPS) is 14.7. The van der Waals surface area contributed by atoms with Crippen LogP contribution in [0, 0.1) is 5.92 Å². The zero-order valence-corrected chi connectivity index (χ0v) is 10.1. The number of hydrogen-bond acceptors (Lipinski definition) is 3. The van der Waals surface area contributed by atoms with Crippen LogP contribution in [0.3, 0.4) is 0 Å². The number of amides is 1. The van der Waals surface area contributed by atoms with Gasteiger partial charge in [-0.15, -0.1) is 0 Å². The van der Waals surface area contributed by atoms with Gasteiger partial charge in [0.1, 0.15) is 0 Å². The number of hydrogen-bond donors (Lipinski definition) is 2. The third-order valence-corrected chi connectivity index (χ3v) is 2.32. The minimum Gasteiger partial charge on any atom is -0.381 e. The monoisotopic (exact) mass is 216 g/mol. The second-order valence-corrected chi connectivity index (χ2v) is 3.90. The van der Waals surface area contributed by atoms with Crippen LogP contribution in [0.25, 0.3) is 0 Å². The quantitative estimate of drug-likeness (QED) is 0.593. The molecule has 0 saturated heterocycles. The summed E-state index contributed by atoms with van der Waals surface area (Å²) in [7, 11) is 0. The van der Waals surface area contributed by atoms with Gasteiger partial charge >= 0.3 is 0 Å². The molecule has 0 aromatic carbocycles. The largest absolute Gasteiger partial charge is 0.381 e. The van der Waals surface area contributed by atoms with Crippen LogP contribution >= 0.6 is 0 Å². The maximum Gasteiger partial charge on any atom is 0.224 e. The van der Waals surface area contributed by atoms with Crippen molar-refractivity contribution >= 4 is 5.91 Å². The first-order valence-corrected chi connectivity index (χ1v) is 5.70. The molecule has 0 saturated carbocycles. The Morgan fingerprint density at radius 2 is 2.07 bits per heavy atom. The van der Waals surface area contributed by atoms with Gasteiger partial charge in [0, 0.05) is 31.7 Å². The zero-order chi connectivity index (χ0) is 11.7. The summed E-state index contributed by atoms with van der Waals surface area (Å²) in [5.74, 6) is -0.0953. The number of rotatable bonds is 8. The average molecular weight is 216 g/mol. The highest BCUT2D eigenvalue weighted by atomic mass is 16.5. The van der Waals surface area contributed by atoms with E-state index in [9.17, 15) is 4.79 Å². The fourth-order valence-corrected chi connectivity index (χ4v) is 1.03. The van der Waals surface area contributed by atoms with Crippen molar-refractivity contribution in [3.05, 3.63) is 0 Å². The molecule has 0 spiro atoms. The summed E-state index contributed by atoms with van der Waals surface area (Å²) in [5.41, 5.74) is 5.62. The maximum atomic E-state index is 11.4. The van der Waals surface area contributed by atoms with Gasteiger partial charge in [0.2, 0.25) is 5.91 Å². The van der Waals surface area contributed by atoms with E-state index in [1.165, 1.54) is 0 Å². The molecule has 0 fully saturated rings. The standard InChI is InChI=1S/C11H24N2O2/c1-4-7-15-8-5-6-13-11(14)9(2)10(3)12/h9-10H,4-8,12H2,1-3H3,(H,13,14). The summed E-state index contributed by atoms with van der Waals surface area (Å²) in [6, 6.07) is -0.0960. The van der Waals surface area contributed by atoms with Crippen LogP contribution in [-0.2, 0) is 9.53 Å². The number of carbonyl (C=O) groups excluding carboxylic acids is 1. The predicted molar refractivity (Wildman–Crippen MR) is 61.6 cm³/mol. The van der Waals surface area contributed by atoms with Crippen molar-refractivity contribution < 1.29 is 9.53 Å². The van der Waals surface area contributed by atoms with E-state index in [0.717, 1.165) is 19.4 Å². The first-order chi connectivity index (χ1) is 7.09. The summed E-state index contributed by atoms with van der Waals surface area (Å²) in [5, 5.41) is 2.84. The van der Waals surface area contributed by atoms with Crippen LogP contribution in [0.15, 0.2) is 0 Å². The molecule has 1 amide bonds. The fraction of sp³-hybridized carbons (Fsp3) is 0.909. The molecule has 0 aliphatic heterocycles. The van der Waals surface area contributed by atoms with E-state index < -0.39 is 0 Å². The summed E-state index contributed by atoms with van der Waals surface area (Å²) < 4.78 is 5.30. The highest BCUT2D eigenvalue weighted by Gasteiger charge is 2.15. The predicted octanol–water partition coefficient (Wildman–Crippen LogP) is 0.903. The molecule has 4 heteroatoms. The maximum absolute atomic E-state index is 11.4. The Bertz CT molecular complexity index is 172. The van der Waals surface area contributed by atoms with Crippen molar-refractivity contribution in [3.8, 4) is 0 Å². The summed E-state index contributed by atoms with van der Waals surface area (Å²) >= 11 is 0. The van der Waals surface area contributed by atoms with Gasteiger partial charge in [-0.2, -0.15) is 0 Å². The lowest BCUT2D eigenvalue weighted by atomic mass is 10.0. The molecule has 0 aliphatic carbocycles. The van der Waals surface area contributed by atoms with Gasteiger partial charge in [-0.25, -0.2) is 0 Å². The Kier molecular flexibility index (Phi) is 8.33. The molecule has 0 bridgehead atoms. The first kappa shape index (κ1) is 14.4. The SMILES string of the molecule is CCCOCCCNC(=O)C(C)C(C)N. The Labute approximate surface area is 92.6 Å². The molecule has 0 aromatic heterocycles. The summed E-state index contributed by atoms with van der Waals surface area (Å²) in [6.07, 6.45) is 1.89. The van der Waals surface area contributed by atoms with Crippen molar-refractivity contribution in [2.75, 3.05) is 19.8 Å². The lowest BCUT2D eigenvalue weighted by molar-refractivity contribution is -0.124. The Balaban J connectivity index is 3.39. The van der Waals surface area contributed by atoms with E-state index in [1.54, 1.807) is 0 Å². The molecule has 90 valence electrons. The van der Waals surface area contributed by atoms with E-state index in [1.807, 2.05) is 13.8 Å². The Morgan fingerprint density at radius 3 is 2.60 bits per heavy atom. The molecule has 0 aliphatic rings. The number of nitrogens with one attached hydrogen (secondary N) is 1. The summed E-state index contributed by atoms with van der Waals surface area (Å²) in [4.78, 5) is 11.4. The Hall–Kier alpha value is -0.610. The highest BCUT2D eigenvalue weighted by molar-refractivity contribution is 5.78. The van der Waals surface area contributed by atoms with Crippen LogP contribution < -0.4 is 11.1 Å². The van der Waals surface area contributed by atoms with Gasteiger partial charge in [-0.05, 0) is 19.8 Å². The number of nitrogens with two attached hydrogens (primary N) is 1. The van der Waals surface area contributed by atoms with Gasteiger partial charge in [0.05, 0.1) is 0 Å². The zero-order valence-electron chi connectivity index (χ0n) is 10.1. The van der Waals surface area contributed by atoms with Crippen molar-refractivity contribution in [2.45, 2.75) is 39.7 Å². The molecule has 0 radical (unpaired) electrons. The first-order valence-electron chi connectivity index (χ1n) is 5.70. The van der Waals surface area contributed by atoms with E-state index in [2.05, 4.69) is 12.2 Å². The molecular formula is C11H24N2O2. The molecule has 15 heavy (non-hydrogen) atoms. The minimum atomic E-state index is -0.124. The van der Waals surface area contributed by atoms with E-state index >= 15 is 0 Å². The molecule has 3 N–H and O–H groups in total. The van der Waals surface area contributed by atoms with E-state index in [4.69, 9.17) is 10.5 Å². The average Bonchev–Trinajstić information content (AvgIpc) is 2.21. The van der Waals surface area contributed by atoms with Crippen LogP contribution in [0.5, 0.6) is 0 Å². The summed E-state index contributed by atoms with van der Waals surface area (Å²) in [6.45, 7) is 7.93. The molecular weight excluding hydrogens is 192 g/mol. The highest BCUT2D eigenvalue weighted by Crippen LogP contribution is 1.98. The smallest absolute Gasteiger partial charge is 0.224 e. The molecule has 4 nitrogen and oxygen atoms in total. The molecule has 2 atom stereocenters. The van der Waals surface area contributed by atoms with Crippen LogP contribution in [0.2, 0.25) is 0 Å². The van der Waals surface area contributed by atoms with Crippen LogP contribution in [0.4, 0.5) is 0 Å². The van der Waals surface area contributed by atoms with E-state index in [-0.39, 0.29) is 17.9 Å². The van der Waals surface area contributed by atoms with E-state index in [0.29, 0.717) is 13.2 Å². The number of ether oxygens (including phenoxy) is 1. The van der Waals surface area contributed by atoms with Gasteiger partial charge in [-0.3, -0.25) is 4.79 Å². The third kappa shape index (κ3) is 7.33. The van der Waals surface area contributed by atoms with Crippen molar-refractivity contribution in [1.82, 2.24) is 5.32 Å².